The van der Waals surface area contributed by atoms with Crippen LogP contribution in [0.2, 0.25) is 0 Å². The summed E-state index contributed by atoms with van der Waals surface area (Å²) >= 11 is 0. The first-order chi connectivity index (χ1) is 11.4. The number of benzene rings is 2. The smallest absolute Gasteiger partial charge is 0.307 e. The Morgan fingerprint density at radius 3 is 1.15 bits per heavy atom. The van der Waals surface area contributed by atoms with Crippen LogP contribution in [0.3, 0.4) is 0 Å². The fourth-order valence-corrected chi connectivity index (χ4v) is 3.67. The molecule has 4 nitrogen and oxygen atoms in total. The molecule has 6 heteroatoms. The zero-order valence-corrected chi connectivity index (χ0v) is 23.7. The first-order valence-electron chi connectivity index (χ1n) is 7.69. The van der Waals surface area contributed by atoms with Crippen LogP contribution in [0.5, 0.6) is 0 Å². The van der Waals surface area contributed by atoms with E-state index >= 15 is 0 Å². The first-order valence-corrected chi connectivity index (χ1v) is 7.69. The van der Waals surface area contributed by atoms with Gasteiger partial charge in [0.25, 0.3) is 0 Å². The molecule has 2 N–H and O–H groups in total. The summed E-state index contributed by atoms with van der Waals surface area (Å²) in [6.07, 6.45) is 0. The fourth-order valence-electron chi connectivity index (χ4n) is 3.67. The summed E-state index contributed by atoms with van der Waals surface area (Å²) in [5.74, 6) is -4.58. The van der Waals surface area contributed by atoms with Crippen molar-refractivity contribution in [2.24, 2.45) is 11.8 Å². The van der Waals surface area contributed by atoms with Crippen molar-refractivity contribution in [2.75, 3.05) is 0 Å². The van der Waals surface area contributed by atoms with Crippen molar-refractivity contribution in [2.45, 2.75) is 11.8 Å². The average Bonchev–Trinajstić information content (AvgIpc) is 2.49. The van der Waals surface area contributed by atoms with E-state index in [2.05, 4.69) is 13.8 Å². The average molecular weight is 776 g/mol. The van der Waals surface area contributed by atoms with Crippen LogP contribution in [0.1, 0.15) is 34.1 Å². The predicted molar refractivity (Wildman–Crippen MR) is 89.5 cm³/mol. The third-order valence-corrected chi connectivity index (χ3v) is 4.85. The van der Waals surface area contributed by atoms with Crippen LogP contribution < -0.4 is 0 Å². The van der Waals surface area contributed by atoms with Gasteiger partial charge in [-0.05, 0) is 0 Å². The third kappa shape index (κ3) is 4.70. The van der Waals surface area contributed by atoms with Crippen LogP contribution in [-0.4, -0.2) is 22.2 Å². The van der Waals surface area contributed by atoms with Gasteiger partial charge in [0.15, 0.2) is 0 Å². The van der Waals surface area contributed by atoms with Gasteiger partial charge in [-0.25, -0.2) is 0 Å². The largest absolute Gasteiger partial charge is 0.481 e. The Morgan fingerprint density at radius 2 is 0.923 bits per heavy atom. The number of carboxylic acids is 2. The summed E-state index contributed by atoms with van der Waals surface area (Å²) < 4.78 is 0. The maximum Gasteiger partial charge on any atom is 0.307 e. The van der Waals surface area contributed by atoms with Crippen molar-refractivity contribution in [3.05, 3.63) is 84.6 Å². The summed E-state index contributed by atoms with van der Waals surface area (Å²) in [6, 6.07) is 14.2. The van der Waals surface area contributed by atoms with E-state index in [0.29, 0.717) is 0 Å². The maximum absolute atomic E-state index is 11.8. The zero-order valence-electron chi connectivity index (χ0n) is 14.2. The van der Waals surface area contributed by atoms with Gasteiger partial charge in [-0.15, -0.1) is 24.3 Å². The molecule has 3 rings (SSSR count). The second-order valence-corrected chi connectivity index (χ2v) is 6.26. The first kappa shape index (κ1) is 24.0. The summed E-state index contributed by atoms with van der Waals surface area (Å²) in [7, 11) is 0. The molecule has 2 radical (unpaired) electrons. The molecule has 0 bridgehead atoms. The minimum Gasteiger partial charge on any atom is -0.481 e. The molecule has 1 aliphatic rings. The monoisotopic (exact) mass is 776 g/mol. The Bertz CT molecular complexity index is 696. The summed E-state index contributed by atoms with van der Waals surface area (Å²) in [6.45, 7) is 7.61. The molecule has 0 spiro atoms. The van der Waals surface area contributed by atoms with Gasteiger partial charge >= 0.3 is 11.9 Å². The molecule has 2 aromatic carbocycles. The van der Waals surface area contributed by atoms with Crippen LogP contribution in [0, 0.1) is 114 Å². The molecular formula is C20H18Ac2O4-2. The topological polar surface area (TPSA) is 74.6 Å². The van der Waals surface area contributed by atoms with E-state index in [-0.39, 0.29) is 88.1 Å². The molecule has 0 aliphatic heterocycles. The molecule has 0 amide bonds. The number of aliphatic carboxylic acids is 2. The molecule has 1 saturated carbocycles. The molecule has 0 saturated heterocycles. The standard InChI is InChI=1S/C20H18O4.2Ac/c1-11-3-7-13(8-4-11)15-17(19(21)22)16(18(15)20(23)24)14-9-5-12(2)6-10-14;;/h3-10,15-18H,1-2H2,(H,21,22)(H,23,24);;/q-2;;. The molecular weight excluding hydrogens is 758 g/mol. The third-order valence-electron chi connectivity index (χ3n) is 4.85. The van der Waals surface area contributed by atoms with Crippen molar-refractivity contribution in [3.8, 4) is 0 Å². The van der Waals surface area contributed by atoms with E-state index < -0.39 is 35.6 Å². The van der Waals surface area contributed by atoms with E-state index in [1.54, 1.807) is 48.5 Å². The minimum atomic E-state index is -0.972. The molecule has 130 valence electrons. The SMILES string of the molecule is [Ac].[Ac].[CH2-]c1ccc(C2C(C(=O)O)C(c3ccc([CH2-])cc3)C2C(=O)O)cc1. The molecule has 1 aliphatic carbocycles. The Hall–Kier alpha value is 0.00312. The van der Waals surface area contributed by atoms with Crippen LogP contribution in [0.4, 0.5) is 0 Å². The number of carbonyl (C=O) groups is 2. The second-order valence-electron chi connectivity index (χ2n) is 6.26. The summed E-state index contributed by atoms with van der Waals surface area (Å²) in [5.41, 5.74) is 3.07. The van der Waals surface area contributed by atoms with E-state index in [1.165, 1.54) is 0 Å². The molecule has 1 fully saturated rings. The molecule has 0 atom stereocenters. The Kier molecular flexibility index (Phi) is 9.22. The zero-order chi connectivity index (χ0) is 17.4. The quantitative estimate of drug-likeness (QED) is 0.468. The number of hydrogen-bond acceptors (Lipinski definition) is 2. The van der Waals surface area contributed by atoms with Gasteiger partial charge in [-0.2, -0.15) is 49.2 Å². The molecule has 2 aromatic rings. The van der Waals surface area contributed by atoms with Gasteiger partial charge in [-0.3, -0.25) is 9.59 Å². The van der Waals surface area contributed by atoms with E-state index in [0.717, 1.165) is 22.3 Å². The fraction of sp³-hybridized carbons (Fsp3) is 0.200. The number of hydrogen-bond donors (Lipinski definition) is 2. The van der Waals surface area contributed by atoms with Crippen molar-refractivity contribution in [3.63, 3.8) is 0 Å². The maximum atomic E-state index is 11.8. The van der Waals surface area contributed by atoms with Crippen molar-refractivity contribution in [1.82, 2.24) is 0 Å². The second kappa shape index (κ2) is 9.97. The van der Waals surface area contributed by atoms with Crippen LogP contribution in [0.15, 0.2) is 48.5 Å². The normalized spacial score (nSPS) is 23.7. The van der Waals surface area contributed by atoms with Gasteiger partial charge in [0.05, 0.1) is 11.8 Å². The molecule has 26 heavy (non-hydrogen) atoms. The van der Waals surface area contributed by atoms with Crippen molar-refractivity contribution in [1.29, 1.82) is 0 Å². The van der Waals surface area contributed by atoms with E-state index in [1.807, 2.05) is 0 Å². The van der Waals surface area contributed by atoms with Gasteiger partial charge < -0.3 is 10.2 Å². The van der Waals surface area contributed by atoms with Crippen LogP contribution in [-0.2, 0) is 9.59 Å². The minimum absolute atomic E-state index is 0. The van der Waals surface area contributed by atoms with Crippen molar-refractivity contribution < 1.29 is 108 Å². The van der Waals surface area contributed by atoms with Crippen LogP contribution >= 0.6 is 0 Å². The predicted octanol–water partition coefficient (Wildman–Crippen LogP) is 3.33. The Balaban J connectivity index is 0.00000169. The van der Waals surface area contributed by atoms with Gasteiger partial charge in [0.1, 0.15) is 0 Å². The van der Waals surface area contributed by atoms with Gasteiger partial charge in [0, 0.05) is 100.0 Å². The number of carboxylic acid groups (broad SMARTS) is 2. The van der Waals surface area contributed by atoms with Crippen LogP contribution in [0.25, 0.3) is 0 Å². The molecule has 0 heterocycles. The molecule has 0 aromatic heterocycles. The molecule has 0 unspecified atom stereocenters. The Morgan fingerprint density at radius 1 is 0.654 bits per heavy atom. The van der Waals surface area contributed by atoms with Crippen molar-refractivity contribution >= 4 is 11.9 Å². The Labute approximate surface area is 224 Å². The van der Waals surface area contributed by atoms with E-state index in [4.69, 9.17) is 0 Å². The van der Waals surface area contributed by atoms with Gasteiger partial charge in [-0.1, -0.05) is 11.1 Å². The number of rotatable bonds is 4. The van der Waals surface area contributed by atoms with Gasteiger partial charge in [0.2, 0.25) is 0 Å². The summed E-state index contributed by atoms with van der Waals surface area (Å²) in [4.78, 5) is 23.7. The summed E-state index contributed by atoms with van der Waals surface area (Å²) in [5, 5.41) is 19.4. The van der Waals surface area contributed by atoms with E-state index in [9.17, 15) is 19.8 Å².